The van der Waals surface area contributed by atoms with Gasteiger partial charge in [0.25, 0.3) is 0 Å². The third-order valence-corrected chi connectivity index (χ3v) is 3.23. The second-order valence-electron chi connectivity index (χ2n) is 6.23. The third-order valence-electron chi connectivity index (χ3n) is 3.23. The highest BCUT2D eigenvalue weighted by Gasteiger charge is 2.20. The number of ether oxygens (including phenoxy) is 1. The highest BCUT2D eigenvalue weighted by Crippen LogP contribution is 2.10. The first-order valence-corrected chi connectivity index (χ1v) is 8.06. The van der Waals surface area contributed by atoms with Gasteiger partial charge >= 0.3 is 6.09 Å². The number of aromatic nitrogens is 2. The fraction of sp³-hybridized carbons (Fsp3) is 0.750. The quantitative estimate of drug-likeness (QED) is 0.750. The SMILES string of the molecule is CCN(CCCNCc1ccnn1CC)C(=O)OC(C)(C)C. The summed E-state index contributed by atoms with van der Waals surface area (Å²) in [5, 5.41) is 7.63. The maximum atomic E-state index is 12.0. The molecule has 0 bridgehead atoms. The van der Waals surface area contributed by atoms with Gasteiger partial charge < -0.3 is 15.0 Å². The summed E-state index contributed by atoms with van der Waals surface area (Å²) in [7, 11) is 0. The summed E-state index contributed by atoms with van der Waals surface area (Å²) in [5.41, 5.74) is 0.739. The largest absolute Gasteiger partial charge is 0.444 e. The van der Waals surface area contributed by atoms with Gasteiger partial charge in [0.1, 0.15) is 5.60 Å². The molecule has 0 radical (unpaired) electrons. The van der Waals surface area contributed by atoms with Crippen molar-refractivity contribution < 1.29 is 9.53 Å². The number of nitrogens with one attached hydrogen (secondary N) is 1. The second kappa shape index (κ2) is 8.78. The van der Waals surface area contributed by atoms with E-state index in [1.165, 1.54) is 5.69 Å². The number of carbonyl (C=O) groups excluding carboxylic acids is 1. The summed E-state index contributed by atoms with van der Waals surface area (Å²) >= 11 is 0. The minimum absolute atomic E-state index is 0.237. The first-order valence-electron chi connectivity index (χ1n) is 8.06. The van der Waals surface area contributed by atoms with Gasteiger partial charge in [-0.2, -0.15) is 5.10 Å². The molecular weight excluding hydrogens is 280 g/mol. The highest BCUT2D eigenvalue weighted by atomic mass is 16.6. The molecule has 1 heterocycles. The lowest BCUT2D eigenvalue weighted by Gasteiger charge is -2.26. The molecule has 1 rings (SSSR count). The summed E-state index contributed by atoms with van der Waals surface area (Å²) in [5.74, 6) is 0. The van der Waals surface area contributed by atoms with Gasteiger partial charge in [-0.3, -0.25) is 4.68 Å². The van der Waals surface area contributed by atoms with Gasteiger partial charge in [-0.15, -0.1) is 0 Å². The topological polar surface area (TPSA) is 59.4 Å². The maximum absolute atomic E-state index is 12.0. The van der Waals surface area contributed by atoms with E-state index in [9.17, 15) is 4.79 Å². The summed E-state index contributed by atoms with van der Waals surface area (Å²) in [4.78, 5) is 13.7. The molecule has 0 aliphatic heterocycles. The average Bonchev–Trinajstić information content (AvgIpc) is 2.88. The van der Waals surface area contributed by atoms with E-state index in [2.05, 4.69) is 17.3 Å². The van der Waals surface area contributed by atoms with E-state index in [1.807, 2.05) is 44.6 Å². The van der Waals surface area contributed by atoms with E-state index in [1.54, 1.807) is 4.90 Å². The minimum atomic E-state index is -0.443. The monoisotopic (exact) mass is 310 g/mol. The number of nitrogens with zero attached hydrogens (tertiary/aromatic N) is 3. The van der Waals surface area contributed by atoms with Crippen LogP contribution in [0.3, 0.4) is 0 Å². The molecule has 6 heteroatoms. The molecule has 1 amide bonds. The summed E-state index contributed by atoms with van der Waals surface area (Å²) in [6, 6.07) is 2.02. The Hall–Kier alpha value is -1.56. The average molecular weight is 310 g/mol. The maximum Gasteiger partial charge on any atom is 0.410 e. The molecule has 0 aromatic carbocycles. The Labute approximate surface area is 133 Å². The van der Waals surface area contributed by atoms with Crippen molar-refractivity contribution in [3.05, 3.63) is 18.0 Å². The summed E-state index contributed by atoms with van der Waals surface area (Å²) < 4.78 is 7.37. The number of amides is 1. The van der Waals surface area contributed by atoms with Gasteiger partial charge in [0.15, 0.2) is 0 Å². The molecule has 0 saturated heterocycles. The van der Waals surface area contributed by atoms with Crippen molar-refractivity contribution in [1.29, 1.82) is 0 Å². The lowest BCUT2D eigenvalue weighted by molar-refractivity contribution is 0.0258. The Morgan fingerprint density at radius 3 is 2.73 bits per heavy atom. The Balaban J connectivity index is 2.26. The number of rotatable bonds is 8. The van der Waals surface area contributed by atoms with E-state index in [-0.39, 0.29) is 6.09 Å². The molecule has 1 aromatic rings. The molecule has 0 saturated carbocycles. The van der Waals surface area contributed by atoms with Crippen molar-refractivity contribution in [3.8, 4) is 0 Å². The van der Waals surface area contributed by atoms with Crippen molar-refractivity contribution in [2.45, 2.75) is 59.7 Å². The molecule has 0 fully saturated rings. The Morgan fingerprint density at radius 2 is 2.14 bits per heavy atom. The number of hydrogen-bond acceptors (Lipinski definition) is 4. The number of carbonyl (C=O) groups is 1. The van der Waals surface area contributed by atoms with E-state index in [4.69, 9.17) is 4.74 Å². The van der Waals surface area contributed by atoms with Crippen LogP contribution in [0, 0.1) is 0 Å². The molecule has 0 aliphatic carbocycles. The van der Waals surface area contributed by atoms with Crippen molar-refractivity contribution >= 4 is 6.09 Å². The predicted octanol–water partition coefficient (Wildman–Crippen LogP) is 2.64. The van der Waals surface area contributed by atoms with Gasteiger partial charge in [-0.25, -0.2) is 4.79 Å². The zero-order valence-electron chi connectivity index (χ0n) is 14.6. The Morgan fingerprint density at radius 1 is 1.41 bits per heavy atom. The fourth-order valence-corrected chi connectivity index (χ4v) is 2.11. The summed E-state index contributed by atoms with van der Waals surface area (Å²) in [6.45, 7) is 13.6. The fourth-order valence-electron chi connectivity index (χ4n) is 2.11. The first kappa shape index (κ1) is 18.5. The molecule has 1 aromatic heterocycles. The molecule has 126 valence electrons. The van der Waals surface area contributed by atoms with Crippen molar-refractivity contribution in [1.82, 2.24) is 20.0 Å². The van der Waals surface area contributed by atoms with Gasteiger partial charge in [0.05, 0.1) is 5.69 Å². The lowest BCUT2D eigenvalue weighted by atomic mass is 10.2. The van der Waals surface area contributed by atoms with Crippen LogP contribution >= 0.6 is 0 Å². The predicted molar refractivity (Wildman–Crippen MR) is 87.7 cm³/mol. The Bertz CT molecular complexity index is 451. The smallest absolute Gasteiger partial charge is 0.410 e. The van der Waals surface area contributed by atoms with Gasteiger partial charge in [0, 0.05) is 32.4 Å². The van der Waals surface area contributed by atoms with Crippen LogP contribution in [0.4, 0.5) is 4.79 Å². The van der Waals surface area contributed by atoms with Crippen LogP contribution in [-0.2, 0) is 17.8 Å². The zero-order chi connectivity index (χ0) is 16.6. The molecule has 0 spiro atoms. The van der Waals surface area contributed by atoms with Crippen molar-refractivity contribution in [2.75, 3.05) is 19.6 Å². The normalized spacial score (nSPS) is 11.5. The lowest BCUT2D eigenvalue weighted by Crippen LogP contribution is -2.38. The van der Waals surface area contributed by atoms with E-state index in [0.29, 0.717) is 13.1 Å². The van der Waals surface area contributed by atoms with Crippen LogP contribution in [0.1, 0.15) is 46.7 Å². The number of hydrogen-bond donors (Lipinski definition) is 1. The first-order chi connectivity index (χ1) is 10.4. The van der Waals surface area contributed by atoms with Gasteiger partial charge in [-0.1, -0.05) is 0 Å². The van der Waals surface area contributed by atoms with E-state index in [0.717, 1.165) is 26.1 Å². The molecule has 0 unspecified atom stereocenters. The molecule has 6 nitrogen and oxygen atoms in total. The van der Waals surface area contributed by atoms with E-state index >= 15 is 0 Å². The second-order valence-corrected chi connectivity index (χ2v) is 6.23. The minimum Gasteiger partial charge on any atom is -0.444 e. The van der Waals surface area contributed by atoms with Crippen LogP contribution in [0.25, 0.3) is 0 Å². The molecule has 0 aliphatic rings. The standard InChI is InChI=1S/C16H30N4O2/c1-6-19(15(21)22-16(3,4)5)12-8-10-17-13-14-9-11-18-20(14)7-2/h9,11,17H,6-8,10,12-13H2,1-5H3. The zero-order valence-corrected chi connectivity index (χ0v) is 14.6. The third kappa shape index (κ3) is 6.47. The molecule has 0 atom stereocenters. The van der Waals surface area contributed by atoms with Crippen LogP contribution in [0.5, 0.6) is 0 Å². The Kier molecular flexibility index (Phi) is 7.38. The van der Waals surface area contributed by atoms with E-state index < -0.39 is 5.60 Å². The molecule has 1 N–H and O–H groups in total. The number of aryl methyl sites for hydroxylation is 1. The van der Waals surface area contributed by atoms with Crippen molar-refractivity contribution in [3.63, 3.8) is 0 Å². The highest BCUT2D eigenvalue weighted by molar-refractivity contribution is 5.68. The van der Waals surface area contributed by atoms with Gasteiger partial charge in [0.2, 0.25) is 0 Å². The van der Waals surface area contributed by atoms with Crippen molar-refractivity contribution in [2.24, 2.45) is 0 Å². The van der Waals surface area contributed by atoms with Crippen LogP contribution in [0.15, 0.2) is 12.3 Å². The molecule has 22 heavy (non-hydrogen) atoms. The summed E-state index contributed by atoms with van der Waals surface area (Å²) in [6.07, 6.45) is 2.48. The van der Waals surface area contributed by atoms with Crippen LogP contribution in [-0.4, -0.2) is 46.0 Å². The van der Waals surface area contributed by atoms with Crippen LogP contribution < -0.4 is 5.32 Å². The molecular formula is C16H30N4O2. The van der Waals surface area contributed by atoms with Crippen LogP contribution in [0.2, 0.25) is 0 Å². The van der Waals surface area contributed by atoms with Gasteiger partial charge in [-0.05, 0) is 53.7 Å².